The normalized spacial score (nSPS) is 9.91. The Hall–Kier alpha value is -1.72. The summed E-state index contributed by atoms with van der Waals surface area (Å²) in [4.78, 5) is 15.2. The first kappa shape index (κ1) is 18.3. The number of nitrogens with zero attached hydrogens (tertiary/aromatic N) is 2. The van der Waals surface area contributed by atoms with E-state index in [0.29, 0.717) is 13.2 Å². The van der Waals surface area contributed by atoms with Gasteiger partial charge in [-0.25, -0.2) is 4.98 Å². The first-order valence-electron chi connectivity index (χ1n) is 6.69. The Balaban J connectivity index is 0.00000242. The molecule has 2 rings (SSSR count). The molecular weight excluding hydrogens is 325 g/mol. The number of carbonyl (C=O) groups excluding carboxylic acids is 1. The smallest absolute Gasteiger partial charge is 0.234 e. The van der Waals surface area contributed by atoms with Gasteiger partial charge in [-0.1, -0.05) is 12.1 Å². The molecule has 5 nitrogen and oxygen atoms in total. The summed E-state index contributed by atoms with van der Waals surface area (Å²) in [6, 6.07) is 7.81. The number of benzene rings is 1. The molecule has 0 aliphatic rings. The third kappa shape index (κ3) is 5.58. The lowest BCUT2D eigenvalue weighted by molar-refractivity contribution is -0.118. The maximum atomic E-state index is 11.0. The molecule has 0 aliphatic carbocycles. The minimum absolute atomic E-state index is 0. The number of amides is 1. The van der Waals surface area contributed by atoms with E-state index in [0.717, 1.165) is 23.6 Å². The van der Waals surface area contributed by atoms with Crippen molar-refractivity contribution in [1.29, 1.82) is 0 Å². The first-order valence-corrected chi connectivity index (χ1v) is 7.23. The molecule has 2 aromatic rings. The molecule has 1 heterocycles. The van der Waals surface area contributed by atoms with Gasteiger partial charge in [-0.2, -0.15) is 0 Å². The topological polar surface area (TPSA) is 56.1 Å². The van der Waals surface area contributed by atoms with Crippen molar-refractivity contribution in [3.05, 3.63) is 48.0 Å². The van der Waals surface area contributed by atoms with Gasteiger partial charge in [0.1, 0.15) is 24.1 Å². The van der Waals surface area contributed by atoms with E-state index in [1.54, 1.807) is 6.20 Å². The summed E-state index contributed by atoms with van der Waals surface area (Å²) >= 11 is 5.41. The maximum absolute atomic E-state index is 11.0. The summed E-state index contributed by atoms with van der Waals surface area (Å²) < 4.78 is 7.60. The van der Waals surface area contributed by atoms with Crippen LogP contribution in [0.15, 0.2) is 36.7 Å². The van der Waals surface area contributed by atoms with Crippen LogP contribution in [0.3, 0.4) is 0 Å². The largest absolute Gasteiger partial charge is 0.486 e. The molecule has 1 amide bonds. The van der Waals surface area contributed by atoms with E-state index in [9.17, 15) is 4.79 Å². The first-order chi connectivity index (χ1) is 10.2. The van der Waals surface area contributed by atoms with Crippen molar-refractivity contribution in [1.82, 2.24) is 14.9 Å². The molecule has 0 saturated carbocycles. The number of rotatable bonds is 7. The van der Waals surface area contributed by atoms with E-state index >= 15 is 0 Å². The Morgan fingerprint density at radius 2 is 2.09 bits per heavy atom. The third-order valence-electron chi connectivity index (χ3n) is 3.07. The van der Waals surface area contributed by atoms with Crippen LogP contribution in [0.4, 0.5) is 0 Å². The molecule has 0 unspecified atom stereocenters. The fourth-order valence-electron chi connectivity index (χ4n) is 1.83. The van der Waals surface area contributed by atoms with Crippen LogP contribution >= 0.6 is 24.0 Å². The van der Waals surface area contributed by atoms with Gasteiger partial charge in [0.2, 0.25) is 5.91 Å². The lowest BCUT2D eigenvalue weighted by Crippen LogP contribution is -2.26. The van der Waals surface area contributed by atoms with Crippen LogP contribution in [0.5, 0.6) is 5.75 Å². The summed E-state index contributed by atoms with van der Waals surface area (Å²) in [5, 5.41) is 2.73. The van der Waals surface area contributed by atoms with E-state index in [1.807, 2.05) is 42.1 Å². The summed E-state index contributed by atoms with van der Waals surface area (Å²) in [6.07, 6.45) is 4.40. The minimum atomic E-state index is -0.147. The quantitative estimate of drug-likeness (QED) is 0.785. The Morgan fingerprint density at radius 1 is 1.36 bits per heavy atom. The maximum Gasteiger partial charge on any atom is 0.234 e. The van der Waals surface area contributed by atoms with Crippen LogP contribution in [0, 0.1) is 0 Å². The second-order valence-electron chi connectivity index (χ2n) is 4.62. The van der Waals surface area contributed by atoms with Gasteiger partial charge >= 0.3 is 0 Å². The second kappa shape index (κ2) is 9.33. The highest BCUT2D eigenvalue weighted by Crippen LogP contribution is 2.14. The number of alkyl halides is 1. The van der Waals surface area contributed by atoms with Crippen LogP contribution in [0.25, 0.3) is 0 Å². The van der Waals surface area contributed by atoms with Crippen molar-refractivity contribution in [2.45, 2.75) is 13.0 Å². The predicted molar refractivity (Wildman–Crippen MR) is 88.7 cm³/mol. The minimum Gasteiger partial charge on any atom is -0.486 e. The lowest BCUT2D eigenvalue weighted by atomic mass is 10.1. The van der Waals surface area contributed by atoms with Gasteiger partial charge in [0.15, 0.2) is 0 Å². The van der Waals surface area contributed by atoms with E-state index < -0.39 is 0 Å². The molecule has 7 heteroatoms. The fourth-order valence-corrected chi connectivity index (χ4v) is 1.92. The Labute approximate surface area is 141 Å². The zero-order chi connectivity index (χ0) is 15.1. The zero-order valence-corrected chi connectivity index (χ0v) is 13.9. The van der Waals surface area contributed by atoms with Crippen LogP contribution in [0.2, 0.25) is 0 Å². The number of nitrogens with one attached hydrogen (secondary N) is 1. The van der Waals surface area contributed by atoms with E-state index in [-0.39, 0.29) is 24.2 Å². The molecule has 0 bridgehead atoms. The summed E-state index contributed by atoms with van der Waals surface area (Å²) in [5.41, 5.74) is 1.13. The molecule has 0 atom stereocenters. The van der Waals surface area contributed by atoms with Gasteiger partial charge in [0, 0.05) is 26.0 Å². The van der Waals surface area contributed by atoms with Gasteiger partial charge in [-0.05, 0) is 24.1 Å². The second-order valence-corrected chi connectivity index (χ2v) is 4.89. The average molecular weight is 344 g/mol. The van der Waals surface area contributed by atoms with Crippen LogP contribution < -0.4 is 10.1 Å². The third-order valence-corrected chi connectivity index (χ3v) is 3.31. The van der Waals surface area contributed by atoms with Crippen molar-refractivity contribution in [2.24, 2.45) is 7.05 Å². The molecule has 0 saturated heterocycles. The zero-order valence-electron chi connectivity index (χ0n) is 12.3. The number of imidazole rings is 1. The van der Waals surface area contributed by atoms with E-state index in [4.69, 9.17) is 16.3 Å². The molecule has 0 radical (unpaired) electrons. The van der Waals surface area contributed by atoms with Gasteiger partial charge < -0.3 is 14.6 Å². The number of hydrogen-bond donors (Lipinski definition) is 1. The Morgan fingerprint density at radius 3 is 2.68 bits per heavy atom. The fraction of sp³-hybridized carbons (Fsp3) is 0.333. The molecule has 1 aromatic heterocycles. The van der Waals surface area contributed by atoms with Crippen molar-refractivity contribution in [3.8, 4) is 5.75 Å². The number of aryl methyl sites for hydroxylation is 1. The summed E-state index contributed by atoms with van der Waals surface area (Å²) in [7, 11) is 1.93. The molecular formula is C15H19Cl2N3O2. The Bertz CT molecular complexity index is 585. The monoisotopic (exact) mass is 343 g/mol. The molecule has 0 spiro atoms. The van der Waals surface area contributed by atoms with Crippen LogP contribution in [-0.2, 0) is 24.9 Å². The van der Waals surface area contributed by atoms with Crippen molar-refractivity contribution >= 4 is 29.9 Å². The summed E-state index contributed by atoms with van der Waals surface area (Å²) in [6.45, 7) is 1.02. The molecule has 0 fully saturated rings. The summed E-state index contributed by atoms with van der Waals surface area (Å²) in [5.74, 6) is 1.53. The molecule has 1 aromatic carbocycles. The van der Waals surface area contributed by atoms with E-state index in [2.05, 4.69) is 10.3 Å². The van der Waals surface area contributed by atoms with Crippen molar-refractivity contribution in [2.75, 3.05) is 12.4 Å². The molecule has 120 valence electrons. The average Bonchev–Trinajstić information content (AvgIpc) is 2.91. The van der Waals surface area contributed by atoms with Gasteiger partial charge in [0.25, 0.3) is 0 Å². The molecule has 22 heavy (non-hydrogen) atoms. The van der Waals surface area contributed by atoms with Gasteiger partial charge in [-0.3, -0.25) is 4.79 Å². The number of hydrogen-bond acceptors (Lipinski definition) is 3. The predicted octanol–water partition coefficient (Wildman–Crippen LogP) is 2.32. The van der Waals surface area contributed by atoms with E-state index in [1.165, 1.54) is 0 Å². The number of aromatic nitrogens is 2. The van der Waals surface area contributed by atoms with Gasteiger partial charge in [-0.15, -0.1) is 24.0 Å². The SMILES string of the molecule is Cl.Cn1ccnc1COc1ccc(CCNC(=O)CCl)cc1. The Kier molecular flexibility index (Phi) is 7.77. The highest BCUT2D eigenvalue weighted by molar-refractivity contribution is 6.27. The highest BCUT2D eigenvalue weighted by Gasteiger charge is 2.02. The van der Waals surface area contributed by atoms with Crippen molar-refractivity contribution < 1.29 is 9.53 Å². The van der Waals surface area contributed by atoms with Crippen molar-refractivity contribution in [3.63, 3.8) is 0 Å². The number of halogens is 2. The number of ether oxygens (including phenoxy) is 1. The standard InChI is InChI=1S/C15H18ClN3O2.ClH/c1-19-9-8-17-14(19)11-21-13-4-2-12(3-5-13)6-7-18-15(20)10-16;/h2-5,8-9H,6-7,10-11H2,1H3,(H,18,20);1H. The lowest BCUT2D eigenvalue weighted by Gasteiger charge is -2.08. The highest BCUT2D eigenvalue weighted by atomic mass is 35.5. The number of carbonyl (C=O) groups is 1. The van der Waals surface area contributed by atoms with Crippen LogP contribution in [0.1, 0.15) is 11.4 Å². The molecule has 0 aliphatic heterocycles. The van der Waals surface area contributed by atoms with Gasteiger partial charge in [0.05, 0.1) is 0 Å². The van der Waals surface area contributed by atoms with Crippen LogP contribution in [-0.4, -0.2) is 27.9 Å². The molecule has 1 N–H and O–H groups in total.